The molecule has 0 aliphatic heterocycles. The van der Waals surface area contributed by atoms with Gasteiger partial charge in [0, 0.05) is 18.7 Å². The molecule has 0 bridgehead atoms. The highest BCUT2D eigenvalue weighted by Gasteiger charge is 2.29. The third-order valence-corrected chi connectivity index (χ3v) is 5.17. The highest BCUT2D eigenvalue weighted by molar-refractivity contribution is 7.71. The fourth-order valence-corrected chi connectivity index (χ4v) is 3.54. The van der Waals surface area contributed by atoms with Gasteiger partial charge in [-0.25, -0.2) is 4.68 Å². The van der Waals surface area contributed by atoms with Crippen LogP contribution in [-0.2, 0) is 25.9 Å². The fourth-order valence-electron chi connectivity index (χ4n) is 3.23. The number of hydrogen-bond donors (Lipinski definition) is 0. The molecule has 1 aromatic heterocycles. The van der Waals surface area contributed by atoms with Crippen molar-refractivity contribution in [3.63, 3.8) is 0 Å². The minimum Gasteiger partial charge on any atom is -0.300 e. The third-order valence-electron chi connectivity index (χ3n) is 4.73. The average molecular weight is 421 g/mol. The first-order valence-electron chi connectivity index (χ1n) is 9.29. The summed E-state index contributed by atoms with van der Waals surface area (Å²) in [4.78, 5) is 1.97. The molecule has 0 fully saturated rings. The standard InChI is InChI=1S/C21H23F3N4S/c1-4-27-19(18-8-6-5-7-15(18)2)25-28(20(27)29)14-26(3)13-16-9-11-17(12-10-16)21(22,23)24/h5-12H,4,13-14H2,1-3H3. The number of halogens is 3. The fraction of sp³-hybridized carbons (Fsp3) is 0.333. The molecule has 154 valence electrons. The topological polar surface area (TPSA) is 26.0 Å². The molecule has 8 heteroatoms. The van der Waals surface area contributed by atoms with Crippen molar-refractivity contribution in [2.75, 3.05) is 7.05 Å². The molecule has 0 saturated heterocycles. The number of benzene rings is 2. The zero-order valence-corrected chi connectivity index (χ0v) is 17.4. The molecule has 2 aromatic carbocycles. The second-order valence-electron chi connectivity index (χ2n) is 7.02. The van der Waals surface area contributed by atoms with Gasteiger partial charge in [0.2, 0.25) is 0 Å². The molecule has 3 rings (SSSR count). The Hall–Kier alpha value is -2.45. The van der Waals surface area contributed by atoms with Gasteiger partial charge in [0.05, 0.1) is 12.2 Å². The van der Waals surface area contributed by atoms with Gasteiger partial charge >= 0.3 is 6.18 Å². The predicted molar refractivity (Wildman–Crippen MR) is 110 cm³/mol. The van der Waals surface area contributed by atoms with Crippen LogP contribution in [0.4, 0.5) is 13.2 Å². The molecule has 0 N–H and O–H groups in total. The summed E-state index contributed by atoms with van der Waals surface area (Å²) in [6, 6.07) is 13.2. The molecule has 29 heavy (non-hydrogen) atoms. The van der Waals surface area contributed by atoms with Crippen LogP contribution in [0, 0.1) is 11.7 Å². The van der Waals surface area contributed by atoms with E-state index in [2.05, 4.69) is 0 Å². The molecule has 0 unspecified atom stereocenters. The Labute approximate surface area is 173 Å². The van der Waals surface area contributed by atoms with Crippen LogP contribution in [0.15, 0.2) is 48.5 Å². The molecule has 0 radical (unpaired) electrons. The van der Waals surface area contributed by atoms with Crippen LogP contribution >= 0.6 is 12.2 Å². The molecule has 4 nitrogen and oxygen atoms in total. The summed E-state index contributed by atoms with van der Waals surface area (Å²) in [5.74, 6) is 0.818. The van der Waals surface area contributed by atoms with Crippen molar-refractivity contribution >= 4 is 12.2 Å². The van der Waals surface area contributed by atoms with E-state index in [0.717, 1.165) is 34.6 Å². The van der Waals surface area contributed by atoms with E-state index >= 15 is 0 Å². The lowest BCUT2D eigenvalue weighted by molar-refractivity contribution is -0.137. The van der Waals surface area contributed by atoms with E-state index < -0.39 is 11.7 Å². The highest BCUT2D eigenvalue weighted by Crippen LogP contribution is 2.29. The van der Waals surface area contributed by atoms with Gasteiger partial charge in [-0.1, -0.05) is 36.4 Å². The number of hydrogen-bond acceptors (Lipinski definition) is 3. The Morgan fingerprint density at radius 3 is 2.31 bits per heavy atom. The lowest BCUT2D eigenvalue weighted by atomic mass is 10.1. The first kappa shape index (κ1) is 21.3. The molecule has 0 saturated carbocycles. The number of aryl methyl sites for hydroxylation is 1. The average Bonchev–Trinajstić information content (AvgIpc) is 2.97. The van der Waals surface area contributed by atoms with Gasteiger partial charge in [-0.15, -0.1) is 0 Å². The van der Waals surface area contributed by atoms with E-state index in [9.17, 15) is 13.2 Å². The number of aromatic nitrogens is 3. The van der Waals surface area contributed by atoms with Gasteiger partial charge in [0.1, 0.15) is 0 Å². The largest absolute Gasteiger partial charge is 0.416 e. The third kappa shape index (κ3) is 4.76. The summed E-state index contributed by atoms with van der Waals surface area (Å²) >= 11 is 5.61. The van der Waals surface area contributed by atoms with Crippen molar-refractivity contribution in [1.29, 1.82) is 0 Å². The lowest BCUT2D eigenvalue weighted by Gasteiger charge is -2.17. The molecule has 0 aliphatic carbocycles. The first-order valence-corrected chi connectivity index (χ1v) is 9.70. The molecule has 0 spiro atoms. The maximum Gasteiger partial charge on any atom is 0.416 e. The zero-order valence-electron chi connectivity index (χ0n) is 16.6. The van der Waals surface area contributed by atoms with Gasteiger partial charge in [-0.05, 0) is 56.4 Å². The van der Waals surface area contributed by atoms with Crippen LogP contribution in [0.5, 0.6) is 0 Å². The van der Waals surface area contributed by atoms with Crippen molar-refractivity contribution < 1.29 is 13.2 Å². The van der Waals surface area contributed by atoms with Crippen molar-refractivity contribution in [3.05, 3.63) is 70.0 Å². The van der Waals surface area contributed by atoms with Gasteiger partial charge < -0.3 is 4.57 Å². The number of alkyl halides is 3. The molecule has 0 aliphatic rings. The smallest absolute Gasteiger partial charge is 0.300 e. The van der Waals surface area contributed by atoms with Crippen LogP contribution in [0.2, 0.25) is 0 Å². The van der Waals surface area contributed by atoms with E-state index in [1.54, 1.807) is 4.68 Å². The van der Waals surface area contributed by atoms with Crippen LogP contribution in [0.1, 0.15) is 23.6 Å². The number of nitrogens with zero attached hydrogens (tertiary/aromatic N) is 4. The van der Waals surface area contributed by atoms with Crippen molar-refractivity contribution in [2.45, 2.75) is 39.8 Å². The predicted octanol–water partition coefficient (Wildman–Crippen LogP) is 5.52. The van der Waals surface area contributed by atoms with E-state index in [0.29, 0.717) is 24.5 Å². The quantitative estimate of drug-likeness (QED) is 0.491. The van der Waals surface area contributed by atoms with Crippen LogP contribution in [0.25, 0.3) is 11.4 Å². The summed E-state index contributed by atoms with van der Waals surface area (Å²) < 4.78 is 42.5. The SMILES string of the molecule is CCn1c(-c2ccccc2C)nn(CN(C)Cc2ccc(C(F)(F)F)cc2)c1=S. The van der Waals surface area contributed by atoms with Gasteiger partial charge in [-0.3, -0.25) is 4.90 Å². The van der Waals surface area contributed by atoms with E-state index in [4.69, 9.17) is 17.3 Å². The summed E-state index contributed by atoms with van der Waals surface area (Å²) in [6.07, 6.45) is -4.32. The second kappa shape index (κ2) is 8.51. The van der Waals surface area contributed by atoms with Crippen LogP contribution < -0.4 is 0 Å². The molecule has 1 heterocycles. The second-order valence-corrected chi connectivity index (χ2v) is 7.38. The monoisotopic (exact) mass is 420 g/mol. The molecular formula is C21H23F3N4S. The minimum atomic E-state index is -4.32. The van der Waals surface area contributed by atoms with Crippen molar-refractivity contribution in [2.24, 2.45) is 0 Å². The maximum atomic E-state index is 12.7. The summed E-state index contributed by atoms with van der Waals surface area (Å²) in [5.41, 5.74) is 2.30. The zero-order chi connectivity index (χ0) is 21.2. The molecule has 0 atom stereocenters. The van der Waals surface area contributed by atoms with E-state index in [1.807, 2.05) is 54.6 Å². The van der Waals surface area contributed by atoms with Gasteiger partial charge in [-0.2, -0.15) is 18.3 Å². The van der Waals surface area contributed by atoms with Crippen molar-refractivity contribution in [3.8, 4) is 11.4 Å². The Bertz CT molecular complexity index is 1040. The molecule has 0 amide bonds. The number of rotatable bonds is 6. The maximum absolute atomic E-state index is 12.7. The summed E-state index contributed by atoms with van der Waals surface area (Å²) in [5, 5.41) is 4.72. The van der Waals surface area contributed by atoms with Crippen molar-refractivity contribution in [1.82, 2.24) is 19.2 Å². The van der Waals surface area contributed by atoms with Crippen LogP contribution in [0.3, 0.4) is 0 Å². The van der Waals surface area contributed by atoms with E-state index in [1.165, 1.54) is 12.1 Å². The normalized spacial score (nSPS) is 12.0. The Kier molecular flexibility index (Phi) is 6.24. The van der Waals surface area contributed by atoms with Gasteiger partial charge in [0.25, 0.3) is 0 Å². The van der Waals surface area contributed by atoms with Crippen LogP contribution in [-0.4, -0.2) is 26.3 Å². The first-order chi connectivity index (χ1) is 13.7. The molecular weight excluding hydrogens is 397 g/mol. The summed E-state index contributed by atoms with van der Waals surface area (Å²) in [7, 11) is 1.89. The lowest BCUT2D eigenvalue weighted by Crippen LogP contribution is -2.22. The van der Waals surface area contributed by atoms with E-state index in [-0.39, 0.29) is 0 Å². The Morgan fingerprint density at radius 2 is 1.72 bits per heavy atom. The Morgan fingerprint density at radius 1 is 1.07 bits per heavy atom. The van der Waals surface area contributed by atoms with Gasteiger partial charge in [0.15, 0.2) is 10.6 Å². The Balaban J connectivity index is 1.80. The highest BCUT2D eigenvalue weighted by atomic mass is 32.1. The molecule has 3 aromatic rings. The summed E-state index contributed by atoms with van der Waals surface area (Å²) in [6.45, 7) is 5.68. The minimum absolute atomic E-state index is 0.436.